The maximum atomic E-state index is 14.2. The predicted molar refractivity (Wildman–Crippen MR) is 192 cm³/mol. The molecule has 0 atom stereocenters. The topological polar surface area (TPSA) is 157 Å². The van der Waals surface area contributed by atoms with Gasteiger partial charge in [-0.2, -0.15) is 8.42 Å². The van der Waals surface area contributed by atoms with E-state index >= 15 is 0 Å². The lowest BCUT2D eigenvalue weighted by atomic mass is 10.0. The number of amides is 1. The standard InChI is InChI=1S/C37H47N5O8S/c1-6-8-13-34-38-26(4)31(22-35(43)40(5)28-16-19-48-20-17-28)37(44)41(34)23-27-14-15-29(32(21-27)49-18-7-2)30-11-9-10-12-33(30)51(46,47)42(45)36-25(3)24-50-39-36/h9-12,14-15,21,24,28,45H,6-8,13,16-20,22-23H2,1-5H3. The van der Waals surface area contributed by atoms with Crippen molar-refractivity contribution in [3.63, 3.8) is 0 Å². The molecule has 0 radical (unpaired) electrons. The molecule has 1 N–H and O–H groups in total. The van der Waals surface area contributed by atoms with Crippen LogP contribution in [0.25, 0.3) is 11.1 Å². The molecule has 0 saturated carbocycles. The van der Waals surface area contributed by atoms with Gasteiger partial charge in [-0.3, -0.25) is 19.4 Å². The minimum atomic E-state index is -4.49. The van der Waals surface area contributed by atoms with Gasteiger partial charge in [-0.15, -0.1) is 4.47 Å². The first kappa shape index (κ1) is 37.7. The van der Waals surface area contributed by atoms with E-state index in [-0.39, 0.29) is 45.7 Å². The maximum Gasteiger partial charge on any atom is 0.288 e. The average molecular weight is 722 g/mol. The average Bonchev–Trinajstić information content (AvgIpc) is 3.57. The van der Waals surface area contributed by atoms with Crippen LogP contribution in [-0.2, 0) is 38.9 Å². The van der Waals surface area contributed by atoms with Crippen LogP contribution in [0.1, 0.15) is 74.2 Å². The van der Waals surface area contributed by atoms with E-state index in [4.69, 9.17) is 19.0 Å². The number of likely N-dealkylation sites (N-methyl/N-ethyl adjacent to an activating group) is 1. The second-order valence-electron chi connectivity index (χ2n) is 12.9. The zero-order chi connectivity index (χ0) is 36.7. The fraction of sp³-hybridized carbons (Fsp3) is 0.459. The summed E-state index contributed by atoms with van der Waals surface area (Å²) in [5.41, 5.74) is 2.53. The molecule has 1 aliphatic rings. The molecule has 14 heteroatoms. The summed E-state index contributed by atoms with van der Waals surface area (Å²) in [6.45, 7) is 9.13. The summed E-state index contributed by atoms with van der Waals surface area (Å²) in [6.07, 6.45) is 5.74. The maximum absolute atomic E-state index is 14.2. The first-order chi connectivity index (χ1) is 24.5. The molecule has 2 aromatic heterocycles. The molecule has 1 amide bonds. The van der Waals surface area contributed by atoms with Gasteiger partial charge in [-0.1, -0.05) is 55.8 Å². The van der Waals surface area contributed by atoms with E-state index in [1.807, 2.05) is 13.0 Å². The second-order valence-corrected chi connectivity index (χ2v) is 14.6. The van der Waals surface area contributed by atoms with E-state index in [2.05, 4.69) is 12.1 Å². The third-order valence-electron chi connectivity index (χ3n) is 9.20. The van der Waals surface area contributed by atoms with Crippen molar-refractivity contribution in [2.75, 3.05) is 31.3 Å². The van der Waals surface area contributed by atoms with Gasteiger partial charge in [0.2, 0.25) is 11.7 Å². The highest BCUT2D eigenvalue weighted by Gasteiger charge is 2.31. The molecular weight excluding hydrogens is 675 g/mol. The molecule has 51 heavy (non-hydrogen) atoms. The van der Waals surface area contributed by atoms with Crippen LogP contribution in [0.2, 0.25) is 0 Å². The van der Waals surface area contributed by atoms with E-state index in [0.29, 0.717) is 72.2 Å². The molecule has 1 fully saturated rings. The highest BCUT2D eigenvalue weighted by atomic mass is 32.2. The lowest BCUT2D eigenvalue weighted by Gasteiger charge is -2.31. The summed E-state index contributed by atoms with van der Waals surface area (Å²) in [5.74, 6) is 0.673. The summed E-state index contributed by atoms with van der Waals surface area (Å²) < 4.78 is 45.7. The van der Waals surface area contributed by atoms with Gasteiger partial charge in [0.15, 0.2) is 0 Å². The molecular formula is C37H47N5O8S. The van der Waals surface area contributed by atoms with Crippen LogP contribution >= 0.6 is 0 Å². The van der Waals surface area contributed by atoms with E-state index < -0.39 is 10.0 Å². The largest absolute Gasteiger partial charge is 0.493 e. The first-order valence-electron chi connectivity index (χ1n) is 17.4. The summed E-state index contributed by atoms with van der Waals surface area (Å²) in [7, 11) is -2.71. The fourth-order valence-corrected chi connectivity index (χ4v) is 7.49. The number of sulfonamides is 1. The zero-order valence-corrected chi connectivity index (χ0v) is 30.7. The molecule has 2 aromatic carbocycles. The van der Waals surface area contributed by atoms with Crippen molar-refractivity contribution in [3.05, 3.63) is 87.3 Å². The summed E-state index contributed by atoms with van der Waals surface area (Å²) >= 11 is 0. The van der Waals surface area contributed by atoms with E-state index in [1.54, 1.807) is 60.7 Å². The minimum Gasteiger partial charge on any atom is -0.493 e. The summed E-state index contributed by atoms with van der Waals surface area (Å²) in [5, 5.41) is 14.4. The zero-order valence-electron chi connectivity index (χ0n) is 29.9. The van der Waals surface area contributed by atoms with Gasteiger partial charge in [0.1, 0.15) is 17.8 Å². The van der Waals surface area contributed by atoms with Gasteiger partial charge in [0, 0.05) is 60.7 Å². The molecule has 1 aliphatic heterocycles. The van der Waals surface area contributed by atoms with Gasteiger partial charge in [0.25, 0.3) is 15.6 Å². The monoisotopic (exact) mass is 721 g/mol. The van der Waals surface area contributed by atoms with Crippen molar-refractivity contribution >= 4 is 21.7 Å². The van der Waals surface area contributed by atoms with Gasteiger partial charge in [0.05, 0.1) is 24.5 Å². The molecule has 0 spiro atoms. The Morgan fingerprint density at radius 3 is 2.51 bits per heavy atom. The fourth-order valence-electron chi connectivity index (χ4n) is 6.19. The van der Waals surface area contributed by atoms with Crippen molar-refractivity contribution in [1.82, 2.24) is 19.6 Å². The number of aromatic nitrogens is 3. The van der Waals surface area contributed by atoms with Crippen molar-refractivity contribution < 1.29 is 32.4 Å². The molecule has 3 heterocycles. The number of rotatable bonds is 15. The smallest absolute Gasteiger partial charge is 0.288 e. The molecule has 0 aliphatic carbocycles. The van der Waals surface area contributed by atoms with E-state index in [0.717, 1.165) is 31.2 Å². The van der Waals surface area contributed by atoms with Crippen LogP contribution in [0.3, 0.4) is 0 Å². The number of benzene rings is 2. The molecule has 1 saturated heterocycles. The quantitative estimate of drug-likeness (QED) is 0.156. The number of nitrogens with zero attached hydrogens (tertiary/aromatic N) is 5. The van der Waals surface area contributed by atoms with Crippen LogP contribution in [0.5, 0.6) is 5.75 Å². The highest BCUT2D eigenvalue weighted by molar-refractivity contribution is 7.92. The Balaban J connectivity index is 1.53. The van der Waals surface area contributed by atoms with Crippen LogP contribution < -0.4 is 14.8 Å². The Kier molecular flexibility index (Phi) is 12.3. The lowest BCUT2D eigenvalue weighted by molar-refractivity contribution is -0.132. The molecule has 13 nitrogen and oxygen atoms in total. The van der Waals surface area contributed by atoms with Crippen molar-refractivity contribution in [2.45, 2.75) is 90.1 Å². The highest BCUT2D eigenvalue weighted by Crippen LogP contribution is 2.37. The molecule has 5 rings (SSSR count). The third-order valence-corrected chi connectivity index (χ3v) is 10.7. The van der Waals surface area contributed by atoms with E-state index in [9.17, 15) is 23.2 Å². The Hall–Kier alpha value is -4.53. The Morgan fingerprint density at radius 2 is 1.82 bits per heavy atom. The number of hydrogen-bond donors (Lipinski definition) is 1. The summed E-state index contributed by atoms with van der Waals surface area (Å²) in [4.78, 5) is 34.0. The molecule has 274 valence electrons. The first-order valence-corrected chi connectivity index (χ1v) is 18.8. The number of aryl methyl sites for hydroxylation is 3. The molecule has 0 unspecified atom stereocenters. The van der Waals surface area contributed by atoms with Crippen LogP contribution in [0, 0.1) is 13.8 Å². The Morgan fingerprint density at radius 1 is 1.08 bits per heavy atom. The number of carbonyl (C=O) groups excluding carboxylic acids is 1. The minimum absolute atomic E-state index is 0.0512. The van der Waals surface area contributed by atoms with Gasteiger partial charge in [-0.25, -0.2) is 4.98 Å². The van der Waals surface area contributed by atoms with Gasteiger partial charge < -0.3 is 18.9 Å². The number of carbonyl (C=O) groups is 1. The molecule has 4 aromatic rings. The predicted octanol–water partition coefficient (Wildman–Crippen LogP) is 5.46. The van der Waals surface area contributed by atoms with E-state index in [1.165, 1.54) is 12.3 Å². The number of ether oxygens (including phenoxy) is 2. The van der Waals surface area contributed by atoms with Gasteiger partial charge in [-0.05, 0) is 57.2 Å². The Labute approximate surface area is 298 Å². The third kappa shape index (κ3) is 8.35. The van der Waals surface area contributed by atoms with Crippen molar-refractivity contribution in [2.24, 2.45) is 0 Å². The van der Waals surface area contributed by atoms with Crippen molar-refractivity contribution in [3.8, 4) is 16.9 Å². The van der Waals surface area contributed by atoms with Crippen LogP contribution in [0.15, 0.2) is 62.9 Å². The Bertz CT molecular complexity index is 2000. The summed E-state index contributed by atoms with van der Waals surface area (Å²) in [6, 6.07) is 11.8. The van der Waals surface area contributed by atoms with Crippen LogP contribution in [-0.4, -0.2) is 72.1 Å². The normalized spacial score (nSPS) is 13.7. The van der Waals surface area contributed by atoms with Crippen molar-refractivity contribution in [1.29, 1.82) is 0 Å². The van der Waals surface area contributed by atoms with Crippen LogP contribution in [0.4, 0.5) is 5.82 Å². The molecule has 0 bridgehead atoms. The number of anilines is 1. The lowest BCUT2D eigenvalue weighted by Crippen LogP contribution is -2.42. The second kappa shape index (κ2) is 16.7. The number of unbranched alkanes of at least 4 members (excludes halogenated alkanes) is 1. The number of hydrogen-bond acceptors (Lipinski definition) is 10. The van der Waals surface area contributed by atoms with Gasteiger partial charge >= 0.3 is 0 Å². The SMILES string of the molecule is CCCCc1nc(C)c(CC(=O)N(C)C2CCOCC2)c(=O)n1Cc1ccc(-c2ccccc2S(=O)(=O)N(O)c2nocc2C)c(OCCC)c1.